The van der Waals surface area contributed by atoms with Gasteiger partial charge in [0.2, 0.25) is 0 Å². The molecule has 98 valence electrons. The quantitative estimate of drug-likeness (QED) is 0.794. The normalized spacial score (nSPS) is 14.6. The molecule has 0 spiro atoms. The molecule has 0 aliphatic heterocycles. The van der Waals surface area contributed by atoms with E-state index in [0.717, 1.165) is 18.5 Å². The molecule has 0 aliphatic rings. The van der Waals surface area contributed by atoms with Crippen molar-refractivity contribution in [3.05, 3.63) is 35.4 Å². The molecular weight excluding hydrogens is 220 g/mol. The Hall–Kier alpha value is -1.33. The summed E-state index contributed by atoms with van der Waals surface area (Å²) >= 11 is 0. The Labute approximate surface area is 111 Å². The molecule has 0 bridgehead atoms. The second kappa shape index (κ2) is 6.02. The zero-order valence-corrected chi connectivity index (χ0v) is 12.2. The van der Waals surface area contributed by atoms with Gasteiger partial charge in [0.05, 0.1) is 11.5 Å². The fourth-order valence-corrected chi connectivity index (χ4v) is 2.27. The van der Waals surface area contributed by atoms with E-state index in [1.807, 2.05) is 0 Å². The van der Waals surface area contributed by atoms with Crippen LogP contribution in [0.4, 0.5) is 0 Å². The minimum atomic E-state index is -0.377. The molecule has 0 aliphatic carbocycles. The average molecular weight is 244 g/mol. The van der Waals surface area contributed by atoms with Crippen LogP contribution in [0, 0.1) is 24.2 Å². The number of benzene rings is 1. The number of aryl methyl sites for hydroxylation is 1. The highest BCUT2D eigenvalue weighted by Gasteiger charge is 2.35. The molecule has 0 heterocycles. The summed E-state index contributed by atoms with van der Waals surface area (Å²) in [6.45, 7) is 7.28. The van der Waals surface area contributed by atoms with Gasteiger partial charge in [0.25, 0.3) is 0 Å². The van der Waals surface area contributed by atoms with Gasteiger partial charge in [-0.2, -0.15) is 5.26 Å². The van der Waals surface area contributed by atoms with E-state index in [1.54, 1.807) is 0 Å². The second-order valence-electron chi connectivity index (χ2n) is 5.66. The van der Waals surface area contributed by atoms with Crippen LogP contribution in [-0.2, 0) is 5.41 Å². The molecule has 1 unspecified atom stereocenters. The molecule has 0 radical (unpaired) electrons. The number of hydrogen-bond acceptors (Lipinski definition) is 2. The van der Waals surface area contributed by atoms with Gasteiger partial charge in [0, 0.05) is 0 Å². The lowest BCUT2D eigenvalue weighted by Crippen LogP contribution is -2.34. The van der Waals surface area contributed by atoms with Gasteiger partial charge < -0.3 is 4.90 Å². The summed E-state index contributed by atoms with van der Waals surface area (Å²) in [7, 11) is 4.11. The van der Waals surface area contributed by atoms with Crippen LogP contribution in [0.15, 0.2) is 24.3 Å². The molecule has 0 saturated carbocycles. The molecule has 0 fully saturated rings. The van der Waals surface area contributed by atoms with E-state index in [9.17, 15) is 5.26 Å². The standard InChI is InChI=1S/C16H24N2/c1-13(2)16(12-17,10-11-18(4)5)15-8-6-14(3)7-9-15/h6-9,13H,10-11H2,1-5H3. The third-order valence-corrected chi connectivity index (χ3v) is 3.71. The van der Waals surface area contributed by atoms with Gasteiger partial charge in [-0.15, -0.1) is 0 Å². The number of nitrogens with zero attached hydrogens (tertiary/aromatic N) is 2. The first-order chi connectivity index (χ1) is 8.42. The summed E-state index contributed by atoms with van der Waals surface area (Å²) in [5.74, 6) is 0.310. The maximum atomic E-state index is 9.71. The molecule has 18 heavy (non-hydrogen) atoms. The van der Waals surface area contributed by atoms with Crippen LogP contribution in [0.2, 0.25) is 0 Å². The highest BCUT2D eigenvalue weighted by molar-refractivity contribution is 5.35. The van der Waals surface area contributed by atoms with Crippen molar-refractivity contribution >= 4 is 0 Å². The molecule has 2 heteroatoms. The lowest BCUT2D eigenvalue weighted by molar-refractivity contribution is 0.303. The average Bonchev–Trinajstić information content (AvgIpc) is 2.31. The largest absolute Gasteiger partial charge is 0.309 e. The molecule has 0 amide bonds. The van der Waals surface area contributed by atoms with Crippen molar-refractivity contribution in [3.8, 4) is 6.07 Å². The van der Waals surface area contributed by atoms with Crippen LogP contribution < -0.4 is 0 Å². The van der Waals surface area contributed by atoms with Crippen molar-refractivity contribution in [2.75, 3.05) is 20.6 Å². The van der Waals surface area contributed by atoms with E-state index in [-0.39, 0.29) is 5.41 Å². The lowest BCUT2D eigenvalue weighted by Gasteiger charge is -2.32. The van der Waals surface area contributed by atoms with Crippen LogP contribution >= 0.6 is 0 Å². The summed E-state index contributed by atoms with van der Waals surface area (Å²) in [4.78, 5) is 2.14. The van der Waals surface area contributed by atoms with Crippen molar-refractivity contribution in [2.24, 2.45) is 5.92 Å². The Kier molecular flexibility index (Phi) is 4.93. The van der Waals surface area contributed by atoms with Gasteiger partial charge in [0.1, 0.15) is 0 Å². The van der Waals surface area contributed by atoms with E-state index in [1.165, 1.54) is 5.56 Å². The lowest BCUT2D eigenvalue weighted by atomic mass is 9.70. The Morgan fingerprint density at radius 2 is 1.78 bits per heavy atom. The van der Waals surface area contributed by atoms with Gasteiger partial charge in [-0.1, -0.05) is 43.7 Å². The van der Waals surface area contributed by atoms with Crippen molar-refractivity contribution < 1.29 is 0 Å². The van der Waals surface area contributed by atoms with Crippen LogP contribution in [0.25, 0.3) is 0 Å². The van der Waals surface area contributed by atoms with Gasteiger partial charge >= 0.3 is 0 Å². The third-order valence-electron chi connectivity index (χ3n) is 3.71. The Bertz CT molecular complexity index is 412. The summed E-state index contributed by atoms with van der Waals surface area (Å²) < 4.78 is 0. The van der Waals surface area contributed by atoms with Gasteiger partial charge in [0.15, 0.2) is 0 Å². The number of rotatable bonds is 5. The molecular formula is C16H24N2. The smallest absolute Gasteiger partial charge is 0.0857 e. The topological polar surface area (TPSA) is 27.0 Å². The summed E-state index contributed by atoms with van der Waals surface area (Å²) in [6, 6.07) is 11.0. The first-order valence-corrected chi connectivity index (χ1v) is 6.55. The predicted molar refractivity (Wildman–Crippen MR) is 76.5 cm³/mol. The van der Waals surface area contributed by atoms with E-state index in [4.69, 9.17) is 0 Å². The monoisotopic (exact) mass is 244 g/mol. The minimum absolute atomic E-state index is 0.310. The number of hydrogen-bond donors (Lipinski definition) is 0. The zero-order chi connectivity index (χ0) is 13.8. The summed E-state index contributed by atoms with van der Waals surface area (Å²) in [5.41, 5.74) is 2.01. The van der Waals surface area contributed by atoms with Crippen molar-refractivity contribution in [3.63, 3.8) is 0 Å². The minimum Gasteiger partial charge on any atom is -0.309 e. The maximum absolute atomic E-state index is 9.71. The van der Waals surface area contributed by atoms with Gasteiger partial charge in [-0.25, -0.2) is 0 Å². The highest BCUT2D eigenvalue weighted by Crippen LogP contribution is 2.35. The van der Waals surface area contributed by atoms with E-state index in [0.29, 0.717) is 5.92 Å². The highest BCUT2D eigenvalue weighted by atomic mass is 15.0. The van der Waals surface area contributed by atoms with Crippen molar-refractivity contribution in [1.82, 2.24) is 4.90 Å². The molecule has 0 aromatic heterocycles. The molecule has 1 atom stereocenters. The molecule has 1 aromatic rings. The molecule has 0 saturated heterocycles. The number of nitriles is 1. The fourth-order valence-electron chi connectivity index (χ4n) is 2.27. The predicted octanol–water partition coefficient (Wildman–Crippen LogP) is 3.36. The third kappa shape index (κ3) is 3.11. The van der Waals surface area contributed by atoms with Gasteiger partial charge in [-0.3, -0.25) is 0 Å². The van der Waals surface area contributed by atoms with Crippen molar-refractivity contribution in [2.45, 2.75) is 32.6 Å². The van der Waals surface area contributed by atoms with Crippen molar-refractivity contribution in [1.29, 1.82) is 5.26 Å². The molecule has 0 N–H and O–H groups in total. The van der Waals surface area contributed by atoms with Gasteiger partial charge in [-0.05, 0) is 45.5 Å². The second-order valence-corrected chi connectivity index (χ2v) is 5.66. The van der Waals surface area contributed by atoms with Crippen LogP contribution in [-0.4, -0.2) is 25.5 Å². The Morgan fingerprint density at radius 3 is 2.17 bits per heavy atom. The molecule has 2 nitrogen and oxygen atoms in total. The van der Waals surface area contributed by atoms with E-state index >= 15 is 0 Å². The maximum Gasteiger partial charge on any atom is 0.0857 e. The molecule has 1 aromatic carbocycles. The van der Waals surface area contributed by atoms with Crippen LogP contribution in [0.3, 0.4) is 0 Å². The van der Waals surface area contributed by atoms with Crippen LogP contribution in [0.5, 0.6) is 0 Å². The Balaban J connectivity index is 3.11. The first kappa shape index (κ1) is 14.7. The van der Waals surface area contributed by atoms with E-state index in [2.05, 4.69) is 70.1 Å². The van der Waals surface area contributed by atoms with Crippen LogP contribution in [0.1, 0.15) is 31.4 Å². The first-order valence-electron chi connectivity index (χ1n) is 6.55. The van der Waals surface area contributed by atoms with E-state index < -0.39 is 0 Å². The summed E-state index contributed by atoms with van der Waals surface area (Å²) in [5, 5.41) is 9.71. The SMILES string of the molecule is Cc1ccc(C(C#N)(CCN(C)C)C(C)C)cc1. The fraction of sp³-hybridized carbons (Fsp3) is 0.562. The summed E-state index contributed by atoms with van der Waals surface area (Å²) in [6.07, 6.45) is 0.872. The Morgan fingerprint density at radius 1 is 1.22 bits per heavy atom. The zero-order valence-electron chi connectivity index (χ0n) is 12.2. The molecule has 1 rings (SSSR count).